The Balaban J connectivity index is 2.78. The molecule has 0 N–H and O–H groups in total. The highest BCUT2D eigenvalue weighted by Gasteiger charge is 2.44. The van der Waals surface area contributed by atoms with Gasteiger partial charge in [-0.3, -0.25) is 4.79 Å². The van der Waals surface area contributed by atoms with Crippen LogP contribution in [0.2, 0.25) is 0 Å². The van der Waals surface area contributed by atoms with Gasteiger partial charge in [0.2, 0.25) is 0 Å². The Morgan fingerprint density at radius 2 is 1.73 bits per heavy atom. The molecule has 1 aromatic rings. The zero-order valence-corrected chi connectivity index (χ0v) is 14.5. The zero-order valence-electron chi connectivity index (χ0n) is 13.5. The van der Waals surface area contributed by atoms with E-state index in [1.807, 2.05) is 20.8 Å². The third kappa shape index (κ3) is 5.06. The average Bonchev–Trinajstić information content (AvgIpc) is 2.53. The van der Waals surface area contributed by atoms with Gasteiger partial charge in [-0.25, -0.2) is 0 Å². The van der Waals surface area contributed by atoms with Crippen LogP contribution in [-0.2, 0) is 13.3 Å². The molecule has 122 valence electrons. The third-order valence-electron chi connectivity index (χ3n) is 2.84. The van der Waals surface area contributed by atoms with E-state index in [1.54, 1.807) is 24.3 Å². The molecule has 5 nitrogen and oxygen atoms in total. The van der Waals surface area contributed by atoms with E-state index in [0.29, 0.717) is 36.3 Å². The predicted molar refractivity (Wildman–Crippen MR) is 87.1 cm³/mol. The Bertz CT molecular complexity index is 472. The van der Waals surface area contributed by atoms with Crippen molar-refractivity contribution in [2.45, 2.75) is 20.8 Å². The molecule has 1 rings (SSSR count). The summed E-state index contributed by atoms with van der Waals surface area (Å²) in [6, 6.07) is 6.94. The van der Waals surface area contributed by atoms with Crippen LogP contribution in [0.5, 0.6) is 5.75 Å². The van der Waals surface area contributed by atoms with Crippen molar-refractivity contribution in [2.75, 3.05) is 26.4 Å². The fourth-order valence-corrected chi connectivity index (χ4v) is 4.19. The molecule has 0 spiro atoms. The van der Waals surface area contributed by atoms with Gasteiger partial charge >= 0.3 is 8.80 Å². The van der Waals surface area contributed by atoms with E-state index in [1.165, 1.54) is 0 Å². The molecular formula is C16H24O5Si. The summed E-state index contributed by atoms with van der Waals surface area (Å²) in [6.07, 6.45) is 0.779. The summed E-state index contributed by atoms with van der Waals surface area (Å²) in [5.41, 5.74) is 0.561. The van der Waals surface area contributed by atoms with Crippen molar-refractivity contribution >= 4 is 15.1 Å². The Kier molecular flexibility index (Phi) is 8.04. The van der Waals surface area contributed by atoms with E-state index in [0.717, 1.165) is 6.29 Å². The minimum atomic E-state index is -2.96. The zero-order chi connectivity index (χ0) is 16.4. The number of hydrogen-bond acceptors (Lipinski definition) is 5. The molecule has 0 fully saturated rings. The van der Waals surface area contributed by atoms with Crippen molar-refractivity contribution in [1.29, 1.82) is 0 Å². The molecule has 0 aliphatic rings. The number of aldehydes is 1. The SMILES string of the molecule is C=C(COc1cccc(C=O)c1)[Si](OCC)(OCC)OCC. The van der Waals surface area contributed by atoms with Gasteiger partial charge in [0, 0.05) is 30.6 Å². The van der Waals surface area contributed by atoms with Gasteiger partial charge in [0.05, 0.1) is 0 Å². The van der Waals surface area contributed by atoms with Crippen LogP contribution < -0.4 is 4.74 Å². The summed E-state index contributed by atoms with van der Waals surface area (Å²) in [6.45, 7) is 11.4. The molecule has 0 aromatic heterocycles. The fraction of sp³-hybridized carbons (Fsp3) is 0.438. The van der Waals surface area contributed by atoms with Crippen LogP contribution in [0.1, 0.15) is 31.1 Å². The van der Waals surface area contributed by atoms with Crippen LogP contribution in [0.25, 0.3) is 0 Å². The fourth-order valence-electron chi connectivity index (χ4n) is 1.94. The molecule has 0 radical (unpaired) electrons. The maximum absolute atomic E-state index is 10.8. The van der Waals surface area contributed by atoms with Crippen molar-refractivity contribution in [1.82, 2.24) is 0 Å². The molecule has 0 heterocycles. The molecule has 0 aliphatic heterocycles. The first-order valence-electron chi connectivity index (χ1n) is 7.40. The van der Waals surface area contributed by atoms with Crippen LogP contribution in [0, 0.1) is 0 Å². The standard InChI is InChI=1S/C16H24O5Si/c1-5-19-22(20-6-2,21-7-3)14(4)13-18-16-10-8-9-15(11-16)12-17/h8-12H,4-7,13H2,1-3H3. The maximum atomic E-state index is 10.8. The molecule has 0 amide bonds. The Labute approximate surface area is 133 Å². The first kappa shape index (κ1) is 18.6. The summed E-state index contributed by atoms with van der Waals surface area (Å²) in [4.78, 5) is 10.8. The first-order valence-corrected chi connectivity index (χ1v) is 9.12. The lowest BCUT2D eigenvalue weighted by molar-refractivity contribution is 0.0780. The van der Waals surface area contributed by atoms with Crippen molar-refractivity contribution < 1.29 is 22.8 Å². The minimum absolute atomic E-state index is 0.217. The van der Waals surface area contributed by atoms with Crippen LogP contribution in [0.15, 0.2) is 36.0 Å². The lowest BCUT2D eigenvalue weighted by atomic mass is 10.2. The van der Waals surface area contributed by atoms with E-state index in [-0.39, 0.29) is 6.61 Å². The monoisotopic (exact) mass is 324 g/mol. The van der Waals surface area contributed by atoms with Crippen LogP contribution >= 0.6 is 0 Å². The van der Waals surface area contributed by atoms with Gasteiger partial charge in [0.25, 0.3) is 0 Å². The smallest absolute Gasteiger partial charge is 0.489 e. The summed E-state index contributed by atoms with van der Waals surface area (Å²) in [7, 11) is -2.96. The van der Waals surface area contributed by atoms with Crippen LogP contribution in [0.4, 0.5) is 0 Å². The number of carbonyl (C=O) groups is 1. The molecule has 22 heavy (non-hydrogen) atoms. The van der Waals surface area contributed by atoms with Gasteiger partial charge in [0.1, 0.15) is 18.6 Å². The second-order valence-corrected chi connectivity index (χ2v) is 7.12. The summed E-state index contributed by atoms with van der Waals surface area (Å²) < 4.78 is 23.0. The molecule has 0 atom stereocenters. The van der Waals surface area contributed by atoms with E-state index in [2.05, 4.69) is 6.58 Å². The van der Waals surface area contributed by atoms with Gasteiger partial charge in [0.15, 0.2) is 0 Å². The molecule has 0 saturated carbocycles. The first-order chi connectivity index (χ1) is 10.6. The number of carbonyl (C=O) groups excluding carboxylic acids is 1. The average molecular weight is 324 g/mol. The maximum Gasteiger partial charge on any atom is 0.535 e. The van der Waals surface area contributed by atoms with Crippen molar-refractivity contribution in [3.8, 4) is 5.75 Å². The van der Waals surface area contributed by atoms with Crippen molar-refractivity contribution in [3.05, 3.63) is 41.6 Å². The molecule has 0 aliphatic carbocycles. The number of rotatable bonds is 11. The van der Waals surface area contributed by atoms with Gasteiger partial charge in [-0.15, -0.1) is 0 Å². The Morgan fingerprint density at radius 1 is 1.14 bits per heavy atom. The third-order valence-corrected chi connectivity index (χ3v) is 5.86. The van der Waals surface area contributed by atoms with Gasteiger partial charge < -0.3 is 18.0 Å². The summed E-state index contributed by atoms with van der Waals surface area (Å²) >= 11 is 0. The Hall–Kier alpha value is -1.47. The predicted octanol–water partition coefficient (Wildman–Crippen LogP) is 3.02. The Morgan fingerprint density at radius 3 is 2.23 bits per heavy atom. The minimum Gasteiger partial charge on any atom is -0.489 e. The highest BCUT2D eigenvalue weighted by atomic mass is 28.4. The van der Waals surface area contributed by atoms with Gasteiger partial charge in [-0.05, 0) is 32.9 Å². The highest BCUT2D eigenvalue weighted by Crippen LogP contribution is 2.21. The normalized spacial score (nSPS) is 11.2. The molecule has 0 bridgehead atoms. The van der Waals surface area contributed by atoms with E-state index < -0.39 is 8.80 Å². The summed E-state index contributed by atoms with van der Waals surface area (Å²) in [5, 5.41) is 0.662. The van der Waals surface area contributed by atoms with Crippen molar-refractivity contribution in [2.24, 2.45) is 0 Å². The molecular weight excluding hydrogens is 300 g/mol. The quantitative estimate of drug-likeness (QED) is 0.462. The van der Waals surface area contributed by atoms with Gasteiger partial charge in [-0.1, -0.05) is 18.7 Å². The lowest BCUT2D eigenvalue weighted by Crippen LogP contribution is -2.49. The van der Waals surface area contributed by atoms with Gasteiger partial charge in [-0.2, -0.15) is 0 Å². The number of hydrogen-bond donors (Lipinski definition) is 0. The topological polar surface area (TPSA) is 54.0 Å². The number of benzene rings is 1. The van der Waals surface area contributed by atoms with E-state index >= 15 is 0 Å². The van der Waals surface area contributed by atoms with Crippen LogP contribution in [0.3, 0.4) is 0 Å². The molecule has 6 heteroatoms. The van der Waals surface area contributed by atoms with Crippen molar-refractivity contribution in [3.63, 3.8) is 0 Å². The second kappa shape index (κ2) is 9.53. The van der Waals surface area contributed by atoms with E-state index in [4.69, 9.17) is 18.0 Å². The lowest BCUT2D eigenvalue weighted by Gasteiger charge is -2.29. The molecule has 0 unspecified atom stereocenters. The number of ether oxygens (including phenoxy) is 1. The summed E-state index contributed by atoms with van der Waals surface area (Å²) in [5.74, 6) is 0.596. The highest BCUT2D eigenvalue weighted by molar-refractivity contribution is 6.68. The van der Waals surface area contributed by atoms with E-state index in [9.17, 15) is 4.79 Å². The second-order valence-electron chi connectivity index (χ2n) is 4.44. The molecule has 0 saturated heterocycles. The molecule has 1 aromatic carbocycles. The largest absolute Gasteiger partial charge is 0.535 e. The van der Waals surface area contributed by atoms with Crippen LogP contribution in [-0.4, -0.2) is 41.5 Å².